The van der Waals surface area contributed by atoms with Gasteiger partial charge in [-0.3, -0.25) is 4.79 Å². The van der Waals surface area contributed by atoms with Crippen molar-refractivity contribution in [2.24, 2.45) is 5.92 Å². The number of imide groups is 1. The fourth-order valence-electron chi connectivity index (χ4n) is 3.06. The number of carbonyl (C=O) groups excluding carboxylic acids is 2. The summed E-state index contributed by atoms with van der Waals surface area (Å²) < 4.78 is 0. The van der Waals surface area contributed by atoms with E-state index in [0.29, 0.717) is 30.3 Å². The fourth-order valence-corrected chi connectivity index (χ4v) is 3.06. The molecule has 0 atom stereocenters. The number of amides is 3. The second-order valence-electron chi connectivity index (χ2n) is 6.79. The van der Waals surface area contributed by atoms with E-state index >= 15 is 0 Å². The molecule has 0 aliphatic carbocycles. The fraction of sp³-hybridized carbons (Fsp3) is 0.333. The molecule has 0 saturated carbocycles. The van der Waals surface area contributed by atoms with Crippen LogP contribution in [0.1, 0.15) is 35.7 Å². The van der Waals surface area contributed by atoms with Crippen molar-refractivity contribution in [3.63, 3.8) is 0 Å². The van der Waals surface area contributed by atoms with Crippen LogP contribution in [-0.4, -0.2) is 29.9 Å². The van der Waals surface area contributed by atoms with Gasteiger partial charge in [-0.25, -0.2) is 9.69 Å². The van der Waals surface area contributed by atoms with E-state index in [-0.39, 0.29) is 11.9 Å². The maximum Gasteiger partial charge on any atom is 0.331 e. The molecule has 1 fully saturated rings. The van der Waals surface area contributed by atoms with E-state index in [2.05, 4.69) is 6.92 Å². The SMILES string of the molecule is Cc1ccc(C(=O)N(C(=O)N2CCC(C)CC2)c2ccccc2)cc1. The van der Waals surface area contributed by atoms with Gasteiger partial charge in [-0.2, -0.15) is 0 Å². The standard InChI is InChI=1S/C21H24N2O2/c1-16-8-10-18(11-9-16)20(24)23(19-6-4-3-5-7-19)21(25)22-14-12-17(2)13-15-22/h3-11,17H,12-15H2,1-2H3. The van der Waals surface area contributed by atoms with E-state index in [4.69, 9.17) is 0 Å². The summed E-state index contributed by atoms with van der Waals surface area (Å²) in [6.07, 6.45) is 1.96. The summed E-state index contributed by atoms with van der Waals surface area (Å²) in [6, 6.07) is 16.3. The molecule has 0 unspecified atom stereocenters. The molecule has 0 aromatic heterocycles. The number of piperidine rings is 1. The number of likely N-dealkylation sites (tertiary alicyclic amines) is 1. The zero-order valence-corrected chi connectivity index (χ0v) is 14.8. The van der Waals surface area contributed by atoms with Crippen LogP contribution in [0.3, 0.4) is 0 Å². The van der Waals surface area contributed by atoms with E-state index in [1.807, 2.05) is 37.3 Å². The number of aryl methyl sites for hydroxylation is 1. The Hall–Kier alpha value is -2.62. The Labute approximate surface area is 149 Å². The Bertz CT molecular complexity index is 732. The number of urea groups is 1. The lowest BCUT2D eigenvalue weighted by atomic mass is 9.99. The number of benzene rings is 2. The highest BCUT2D eigenvalue weighted by molar-refractivity contribution is 6.20. The third-order valence-electron chi connectivity index (χ3n) is 4.76. The van der Waals surface area contributed by atoms with Crippen LogP contribution in [0.5, 0.6) is 0 Å². The molecule has 3 amide bonds. The Morgan fingerprint density at radius 1 is 0.960 bits per heavy atom. The highest BCUT2D eigenvalue weighted by Crippen LogP contribution is 2.23. The predicted octanol–water partition coefficient (Wildman–Crippen LogP) is 4.49. The third kappa shape index (κ3) is 3.90. The maximum atomic E-state index is 13.1. The molecule has 1 aliphatic heterocycles. The first kappa shape index (κ1) is 17.2. The van der Waals surface area contributed by atoms with Gasteiger partial charge in [0, 0.05) is 18.7 Å². The lowest BCUT2D eigenvalue weighted by Gasteiger charge is -2.34. The third-order valence-corrected chi connectivity index (χ3v) is 4.76. The van der Waals surface area contributed by atoms with Gasteiger partial charge in [0.2, 0.25) is 0 Å². The molecule has 0 N–H and O–H groups in total. The van der Waals surface area contributed by atoms with Gasteiger partial charge < -0.3 is 4.90 Å². The Morgan fingerprint density at radius 3 is 2.16 bits per heavy atom. The molecule has 0 bridgehead atoms. The lowest BCUT2D eigenvalue weighted by Crippen LogP contribution is -2.49. The average molecular weight is 336 g/mol. The van der Waals surface area contributed by atoms with Crippen LogP contribution in [0.25, 0.3) is 0 Å². The van der Waals surface area contributed by atoms with Crippen molar-refractivity contribution in [3.05, 3.63) is 65.7 Å². The first-order valence-electron chi connectivity index (χ1n) is 8.81. The minimum absolute atomic E-state index is 0.233. The number of hydrogen-bond acceptors (Lipinski definition) is 2. The zero-order chi connectivity index (χ0) is 17.8. The number of carbonyl (C=O) groups is 2. The van der Waals surface area contributed by atoms with Crippen LogP contribution >= 0.6 is 0 Å². The van der Waals surface area contributed by atoms with Crippen molar-refractivity contribution in [1.82, 2.24) is 4.90 Å². The molecule has 2 aromatic rings. The quantitative estimate of drug-likeness (QED) is 0.810. The van der Waals surface area contributed by atoms with Crippen molar-refractivity contribution >= 4 is 17.6 Å². The smallest absolute Gasteiger partial charge is 0.324 e. The van der Waals surface area contributed by atoms with Gasteiger partial charge >= 0.3 is 6.03 Å². The molecule has 25 heavy (non-hydrogen) atoms. The molecule has 4 nitrogen and oxygen atoms in total. The molecule has 0 radical (unpaired) electrons. The Balaban J connectivity index is 1.91. The van der Waals surface area contributed by atoms with E-state index in [1.165, 1.54) is 4.90 Å². The largest absolute Gasteiger partial charge is 0.331 e. The van der Waals surface area contributed by atoms with Crippen LogP contribution in [-0.2, 0) is 0 Å². The van der Waals surface area contributed by atoms with Crippen LogP contribution in [0, 0.1) is 12.8 Å². The van der Waals surface area contributed by atoms with Gasteiger partial charge in [-0.15, -0.1) is 0 Å². The van der Waals surface area contributed by atoms with Gasteiger partial charge in [0.1, 0.15) is 0 Å². The zero-order valence-electron chi connectivity index (χ0n) is 14.8. The average Bonchev–Trinajstić information content (AvgIpc) is 2.64. The van der Waals surface area contributed by atoms with E-state index in [0.717, 1.165) is 18.4 Å². The van der Waals surface area contributed by atoms with Gasteiger partial charge in [-0.05, 0) is 49.9 Å². The van der Waals surface area contributed by atoms with E-state index in [9.17, 15) is 9.59 Å². The highest BCUT2D eigenvalue weighted by Gasteiger charge is 2.30. The number of hydrogen-bond donors (Lipinski definition) is 0. The van der Waals surface area contributed by atoms with Crippen molar-refractivity contribution in [1.29, 1.82) is 0 Å². The molecule has 130 valence electrons. The van der Waals surface area contributed by atoms with Gasteiger partial charge in [0.05, 0.1) is 5.69 Å². The molecule has 0 spiro atoms. The van der Waals surface area contributed by atoms with Crippen LogP contribution in [0.2, 0.25) is 0 Å². The molecular formula is C21H24N2O2. The summed E-state index contributed by atoms with van der Waals surface area (Å²) in [7, 11) is 0. The Kier molecular flexibility index (Phi) is 5.17. The minimum Gasteiger partial charge on any atom is -0.324 e. The second-order valence-corrected chi connectivity index (χ2v) is 6.79. The normalized spacial score (nSPS) is 15.0. The summed E-state index contributed by atoms with van der Waals surface area (Å²) in [5, 5.41) is 0. The summed E-state index contributed by atoms with van der Waals surface area (Å²) in [6.45, 7) is 5.58. The van der Waals surface area contributed by atoms with Crippen molar-refractivity contribution < 1.29 is 9.59 Å². The first-order chi connectivity index (χ1) is 12.1. The van der Waals surface area contributed by atoms with Crippen molar-refractivity contribution in [3.8, 4) is 0 Å². The summed E-state index contributed by atoms with van der Waals surface area (Å²) in [5.74, 6) is 0.344. The second kappa shape index (κ2) is 7.51. The van der Waals surface area contributed by atoms with Gasteiger partial charge in [0.25, 0.3) is 5.91 Å². The predicted molar refractivity (Wildman–Crippen MR) is 99.8 cm³/mol. The van der Waals surface area contributed by atoms with Gasteiger partial charge in [0.15, 0.2) is 0 Å². The van der Waals surface area contributed by atoms with E-state index in [1.54, 1.807) is 29.2 Å². The summed E-state index contributed by atoms with van der Waals surface area (Å²) >= 11 is 0. The highest BCUT2D eigenvalue weighted by atomic mass is 16.2. The minimum atomic E-state index is -0.283. The molecule has 1 heterocycles. The summed E-state index contributed by atoms with van der Waals surface area (Å²) in [5.41, 5.74) is 2.21. The lowest BCUT2D eigenvalue weighted by molar-refractivity contribution is 0.0981. The molecular weight excluding hydrogens is 312 g/mol. The maximum absolute atomic E-state index is 13.1. The topological polar surface area (TPSA) is 40.6 Å². The number of para-hydroxylation sites is 1. The number of rotatable bonds is 2. The number of anilines is 1. The first-order valence-corrected chi connectivity index (χ1v) is 8.81. The van der Waals surface area contributed by atoms with Crippen molar-refractivity contribution in [2.75, 3.05) is 18.0 Å². The molecule has 1 aliphatic rings. The number of nitrogens with zero attached hydrogens (tertiary/aromatic N) is 2. The van der Waals surface area contributed by atoms with E-state index < -0.39 is 0 Å². The Morgan fingerprint density at radius 2 is 1.56 bits per heavy atom. The molecule has 3 rings (SSSR count). The van der Waals surface area contributed by atoms with Crippen LogP contribution < -0.4 is 4.90 Å². The summed E-state index contributed by atoms with van der Waals surface area (Å²) in [4.78, 5) is 29.3. The molecule has 2 aromatic carbocycles. The van der Waals surface area contributed by atoms with Crippen molar-refractivity contribution in [2.45, 2.75) is 26.7 Å². The monoisotopic (exact) mass is 336 g/mol. The molecule has 1 saturated heterocycles. The van der Waals surface area contributed by atoms with Gasteiger partial charge in [-0.1, -0.05) is 42.8 Å². The molecule has 4 heteroatoms. The van der Waals surface area contributed by atoms with Crippen LogP contribution in [0.15, 0.2) is 54.6 Å². The van der Waals surface area contributed by atoms with Crippen LogP contribution in [0.4, 0.5) is 10.5 Å².